The molecule has 1 heterocycles. The molecule has 0 saturated carbocycles. The van der Waals surface area contributed by atoms with Crippen molar-refractivity contribution in [1.29, 1.82) is 0 Å². The fraction of sp³-hybridized carbons (Fsp3) is 0.200. The van der Waals surface area contributed by atoms with Crippen molar-refractivity contribution in [2.24, 2.45) is 5.92 Å². The first-order valence-corrected chi connectivity index (χ1v) is 10.3. The van der Waals surface area contributed by atoms with Crippen molar-refractivity contribution in [2.45, 2.75) is 13.8 Å². The first kappa shape index (κ1) is 23.5. The second-order valence-electron chi connectivity index (χ2n) is 7.09. The van der Waals surface area contributed by atoms with Gasteiger partial charge in [0, 0.05) is 11.8 Å². The first-order chi connectivity index (χ1) is 15.9. The van der Waals surface area contributed by atoms with Crippen molar-refractivity contribution in [3.8, 4) is 11.5 Å². The van der Waals surface area contributed by atoms with Gasteiger partial charge in [-0.15, -0.1) is 0 Å². The minimum Gasteiger partial charge on any atom is -0.490 e. The Bertz CT molecular complexity index is 1120. The van der Waals surface area contributed by atoms with Gasteiger partial charge in [0.25, 0.3) is 5.91 Å². The molecule has 1 aliphatic heterocycles. The van der Waals surface area contributed by atoms with Gasteiger partial charge in [0.2, 0.25) is 0 Å². The van der Waals surface area contributed by atoms with E-state index in [1.807, 2.05) is 18.2 Å². The number of carbonyl (C=O) groups excluding carboxylic acids is 4. The molecule has 3 rings (SSSR count). The molecule has 2 aromatic rings. The van der Waals surface area contributed by atoms with Crippen molar-refractivity contribution in [1.82, 2.24) is 0 Å². The number of allylic oxidation sites excluding steroid dienone is 3. The minimum atomic E-state index is -1.50. The smallest absolute Gasteiger partial charge is 0.329 e. The highest BCUT2D eigenvalue weighted by Gasteiger charge is 2.36. The number of esters is 1. The van der Waals surface area contributed by atoms with Crippen LogP contribution in [0.4, 0.5) is 5.69 Å². The van der Waals surface area contributed by atoms with Crippen LogP contribution in [-0.4, -0.2) is 36.7 Å². The lowest BCUT2D eigenvalue weighted by molar-refractivity contribution is -0.151. The Morgan fingerprint density at radius 2 is 1.82 bits per heavy atom. The number of amides is 1. The highest BCUT2D eigenvalue weighted by Crippen LogP contribution is 2.29. The van der Waals surface area contributed by atoms with E-state index in [-0.39, 0.29) is 18.3 Å². The number of cyclic esters (lactones) is 1. The number of carbonyl (C=O) groups is 4. The third-order valence-electron chi connectivity index (χ3n) is 4.54. The number of ketones is 2. The summed E-state index contributed by atoms with van der Waals surface area (Å²) in [5, 5.41) is 2.73. The fourth-order valence-corrected chi connectivity index (χ4v) is 3.06. The number of para-hydroxylation sites is 1. The van der Waals surface area contributed by atoms with Crippen LogP contribution in [0.25, 0.3) is 6.08 Å². The molecule has 0 saturated heterocycles. The quantitative estimate of drug-likeness (QED) is 0.355. The van der Waals surface area contributed by atoms with Crippen LogP contribution in [0.2, 0.25) is 0 Å². The molecule has 1 unspecified atom stereocenters. The third-order valence-corrected chi connectivity index (χ3v) is 4.54. The van der Waals surface area contributed by atoms with Crippen molar-refractivity contribution in [2.75, 3.05) is 18.5 Å². The molecule has 1 amide bonds. The fourth-order valence-electron chi connectivity index (χ4n) is 3.06. The Kier molecular flexibility index (Phi) is 7.75. The summed E-state index contributed by atoms with van der Waals surface area (Å²) in [6.45, 7) is 3.40. The molecule has 170 valence electrons. The molecule has 0 bridgehead atoms. The molecule has 1 aliphatic rings. The Morgan fingerprint density at radius 3 is 2.52 bits per heavy atom. The Labute approximate surface area is 190 Å². The molecule has 0 aliphatic carbocycles. The summed E-state index contributed by atoms with van der Waals surface area (Å²) in [5.41, 5.74) is 1.24. The summed E-state index contributed by atoms with van der Waals surface area (Å²) in [6.07, 6.45) is 3.74. The zero-order chi connectivity index (χ0) is 23.8. The van der Waals surface area contributed by atoms with Gasteiger partial charge in [0.15, 0.2) is 35.6 Å². The Morgan fingerprint density at radius 1 is 1.06 bits per heavy atom. The van der Waals surface area contributed by atoms with Crippen LogP contribution in [0, 0.1) is 5.92 Å². The number of ether oxygens (including phenoxy) is 3. The van der Waals surface area contributed by atoms with E-state index in [0.29, 0.717) is 29.4 Å². The molecular formula is C25H23NO7. The second kappa shape index (κ2) is 10.9. The van der Waals surface area contributed by atoms with Gasteiger partial charge >= 0.3 is 5.97 Å². The number of anilines is 1. The second-order valence-corrected chi connectivity index (χ2v) is 7.09. The van der Waals surface area contributed by atoms with Gasteiger partial charge in [-0.2, -0.15) is 0 Å². The van der Waals surface area contributed by atoms with E-state index in [1.165, 1.54) is 13.0 Å². The summed E-state index contributed by atoms with van der Waals surface area (Å²) in [5.74, 6) is -3.10. The van der Waals surface area contributed by atoms with Crippen LogP contribution in [0.1, 0.15) is 19.4 Å². The predicted molar refractivity (Wildman–Crippen MR) is 121 cm³/mol. The van der Waals surface area contributed by atoms with Crippen LogP contribution < -0.4 is 14.8 Å². The summed E-state index contributed by atoms with van der Waals surface area (Å²) in [7, 11) is 0. The maximum absolute atomic E-state index is 12.4. The first-order valence-electron chi connectivity index (χ1n) is 10.3. The molecule has 1 N–H and O–H groups in total. The maximum atomic E-state index is 12.4. The monoisotopic (exact) mass is 449 g/mol. The van der Waals surface area contributed by atoms with E-state index in [4.69, 9.17) is 14.2 Å². The van der Waals surface area contributed by atoms with Crippen LogP contribution in [0.15, 0.2) is 66.4 Å². The van der Waals surface area contributed by atoms with Crippen molar-refractivity contribution in [3.05, 3.63) is 72.0 Å². The van der Waals surface area contributed by atoms with Crippen molar-refractivity contribution in [3.63, 3.8) is 0 Å². The molecule has 8 heteroatoms. The third kappa shape index (κ3) is 6.39. The molecule has 8 nitrogen and oxygen atoms in total. The SMILES string of the molecule is CCOc1cc(/C=C/C(=O)C2C(=O)C=C(C)OC2=O)ccc1OCC(=O)Nc1ccccc1. The Hall–Kier alpha value is -4.20. The van der Waals surface area contributed by atoms with E-state index in [1.54, 1.807) is 37.3 Å². The van der Waals surface area contributed by atoms with Crippen molar-refractivity contribution >= 4 is 35.2 Å². The lowest BCUT2D eigenvalue weighted by Crippen LogP contribution is -2.34. The number of benzene rings is 2. The molecule has 0 spiro atoms. The topological polar surface area (TPSA) is 108 Å². The van der Waals surface area contributed by atoms with E-state index in [0.717, 1.165) is 12.2 Å². The van der Waals surface area contributed by atoms with Gasteiger partial charge in [-0.05, 0) is 49.8 Å². The van der Waals surface area contributed by atoms with Gasteiger partial charge in [-0.3, -0.25) is 19.2 Å². The molecule has 33 heavy (non-hydrogen) atoms. The molecule has 0 radical (unpaired) electrons. The van der Waals surface area contributed by atoms with Crippen LogP contribution in [0.3, 0.4) is 0 Å². The molecule has 2 aromatic carbocycles. The van der Waals surface area contributed by atoms with E-state index in [2.05, 4.69) is 5.32 Å². The molecular weight excluding hydrogens is 426 g/mol. The summed E-state index contributed by atoms with van der Waals surface area (Å²) in [4.78, 5) is 48.4. The zero-order valence-corrected chi connectivity index (χ0v) is 18.2. The normalized spacial score (nSPS) is 15.6. The van der Waals surface area contributed by atoms with Gasteiger partial charge in [0.05, 0.1) is 6.61 Å². The average molecular weight is 449 g/mol. The van der Waals surface area contributed by atoms with Gasteiger partial charge < -0.3 is 19.5 Å². The number of rotatable bonds is 9. The van der Waals surface area contributed by atoms with E-state index in [9.17, 15) is 19.2 Å². The van der Waals surface area contributed by atoms with Gasteiger partial charge in [0.1, 0.15) is 5.76 Å². The molecule has 1 atom stereocenters. The van der Waals surface area contributed by atoms with Gasteiger partial charge in [-0.1, -0.05) is 30.3 Å². The standard InChI is InChI=1S/C25H23NO7/c1-3-31-22-14-17(9-11-19(27)24-20(28)13-16(2)33-25(24)30)10-12-21(22)32-15-23(29)26-18-7-5-4-6-8-18/h4-14,24H,3,15H2,1-2H3,(H,26,29)/b11-9+. The summed E-state index contributed by atoms with van der Waals surface area (Å²) >= 11 is 0. The largest absolute Gasteiger partial charge is 0.490 e. The Balaban J connectivity index is 1.66. The van der Waals surface area contributed by atoms with Crippen LogP contribution in [0.5, 0.6) is 11.5 Å². The highest BCUT2D eigenvalue weighted by molar-refractivity contribution is 6.25. The predicted octanol–water partition coefficient (Wildman–Crippen LogP) is 3.33. The average Bonchev–Trinajstić information content (AvgIpc) is 2.77. The molecule has 0 aromatic heterocycles. The molecule has 0 fully saturated rings. The van der Waals surface area contributed by atoms with Crippen LogP contribution in [-0.2, 0) is 23.9 Å². The maximum Gasteiger partial charge on any atom is 0.329 e. The van der Waals surface area contributed by atoms with E-state index >= 15 is 0 Å². The minimum absolute atomic E-state index is 0.160. The number of hydrogen-bond donors (Lipinski definition) is 1. The summed E-state index contributed by atoms with van der Waals surface area (Å²) < 4.78 is 16.1. The zero-order valence-electron chi connectivity index (χ0n) is 18.2. The number of nitrogens with one attached hydrogen (secondary N) is 1. The lowest BCUT2D eigenvalue weighted by Gasteiger charge is -2.15. The summed E-state index contributed by atoms with van der Waals surface area (Å²) in [6, 6.07) is 13.9. The lowest BCUT2D eigenvalue weighted by atomic mass is 9.96. The van der Waals surface area contributed by atoms with Crippen LogP contribution >= 0.6 is 0 Å². The van der Waals surface area contributed by atoms with Crippen molar-refractivity contribution < 1.29 is 33.4 Å². The van der Waals surface area contributed by atoms with Gasteiger partial charge in [-0.25, -0.2) is 0 Å². The highest BCUT2D eigenvalue weighted by atomic mass is 16.5. The number of hydrogen-bond acceptors (Lipinski definition) is 7. The van der Waals surface area contributed by atoms with E-state index < -0.39 is 23.5 Å².